The van der Waals surface area contributed by atoms with E-state index in [2.05, 4.69) is 31.4 Å². The number of anilines is 2. The van der Waals surface area contributed by atoms with Crippen molar-refractivity contribution >= 4 is 23.2 Å². The van der Waals surface area contributed by atoms with Gasteiger partial charge in [0.15, 0.2) is 0 Å². The maximum absolute atomic E-state index is 12.9. The zero-order valence-corrected chi connectivity index (χ0v) is 17.9. The molecule has 0 radical (unpaired) electrons. The van der Waals surface area contributed by atoms with E-state index in [1.54, 1.807) is 24.3 Å². The molecule has 0 saturated heterocycles. The second kappa shape index (κ2) is 8.86. The molecule has 0 unspecified atom stereocenters. The lowest BCUT2D eigenvalue weighted by atomic mass is 9.87. The minimum Gasteiger partial charge on any atom is -0.322 e. The largest absolute Gasteiger partial charge is 0.416 e. The Morgan fingerprint density at radius 1 is 0.656 bits per heavy atom. The number of halogens is 3. The first-order chi connectivity index (χ1) is 14.9. The lowest BCUT2D eigenvalue weighted by molar-refractivity contribution is -0.137. The van der Waals surface area contributed by atoms with E-state index in [0.717, 1.165) is 17.7 Å². The second-order valence-electron chi connectivity index (χ2n) is 8.39. The summed E-state index contributed by atoms with van der Waals surface area (Å²) in [6.45, 7) is 6.24. The number of amides is 2. The summed E-state index contributed by atoms with van der Waals surface area (Å²) in [5.41, 5.74) is 1.30. The fourth-order valence-corrected chi connectivity index (χ4v) is 3.04. The van der Waals surface area contributed by atoms with Crippen LogP contribution in [0.15, 0.2) is 72.8 Å². The molecule has 0 aliphatic heterocycles. The number of carbonyl (C=O) groups excluding carboxylic acids is 2. The highest BCUT2D eigenvalue weighted by atomic mass is 19.4. The monoisotopic (exact) mass is 440 g/mol. The summed E-state index contributed by atoms with van der Waals surface area (Å²) in [7, 11) is 0. The Labute approximate surface area is 184 Å². The molecule has 0 atom stereocenters. The Balaban J connectivity index is 1.71. The minimum absolute atomic E-state index is 0.0261. The molecule has 0 fully saturated rings. The highest BCUT2D eigenvalue weighted by Crippen LogP contribution is 2.30. The topological polar surface area (TPSA) is 58.2 Å². The summed E-state index contributed by atoms with van der Waals surface area (Å²) in [5.74, 6) is -0.921. The Morgan fingerprint density at radius 3 is 1.75 bits per heavy atom. The van der Waals surface area contributed by atoms with E-state index in [1.165, 1.54) is 24.3 Å². The van der Waals surface area contributed by atoms with Crippen molar-refractivity contribution in [2.45, 2.75) is 32.4 Å². The number of nitrogens with one attached hydrogen (secondary N) is 2. The summed E-state index contributed by atoms with van der Waals surface area (Å²) in [4.78, 5) is 25.1. The molecule has 0 aliphatic carbocycles. The van der Waals surface area contributed by atoms with Crippen molar-refractivity contribution in [2.75, 3.05) is 10.6 Å². The first kappa shape index (κ1) is 23.1. The first-order valence-corrected chi connectivity index (χ1v) is 9.94. The van der Waals surface area contributed by atoms with Crippen LogP contribution in [0, 0.1) is 0 Å². The van der Waals surface area contributed by atoms with Gasteiger partial charge in [-0.3, -0.25) is 9.59 Å². The smallest absolute Gasteiger partial charge is 0.322 e. The van der Waals surface area contributed by atoms with E-state index in [-0.39, 0.29) is 22.6 Å². The van der Waals surface area contributed by atoms with Gasteiger partial charge in [0.05, 0.1) is 5.56 Å². The molecule has 4 nitrogen and oxygen atoms in total. The van der Waals surface area contributed by atoms with E-state index < -0.39 is 17.6 Å². The zero-order chi connectivity index (χ0) is 23.5. The third-order valence-electron chi connectivity index (χ3n) is 4.84. The number of hydrogen-bond donors (Lipinski definition) is 2. The highest BCUT2D eigenvalue weighted by Gasteiger charge is 2.30. The van der Waals surface area contributed by atoms with Gasteiger partial charge in [0.2, 0.25) is 0 Å². The van der Waals surface area contributed by atoms with Gasteiger partial charge in [-0.2, -0.15) is 13.2 Å². The fourth-order valence-electron chi connectivity index (χ4n) is 3.04. The Morgan fingerprint density at radius 2 is 1.19 bits per heavy atom. The molecule has 2 amide bonds. The molecule has 2 N–H and O–H groups in total. The summed E-state index contributed by atoms with van der Waals surface area (Å²) in [5, 5.41) is 5.19. The predicted octanol–water partition coefficient (Wildman–Crippen LogP) is 6.51. The van der Waals surface area contributed by atoms with Gasteiger partial charge >= 0.3 is 6.18 Å². The van der Waals surface area contributed by atoms with Crippen LogP contribution in [-0.4, -0.2) is 11.8 Å². The van der Waals surface area contributed by atoms with Crippen LogP contribution in [-0.2, 0) is 11.6 Å². The van der Waals surface area contributed by atoms with E-state index in [4.69, 9.17) is 0 Å². The molecule has 0 aromatic heterocycles. The maximum atomic E-state index is 12.9. The number of rotatable bonds is 4. The van der Waals surface area contributed by atoms with Gasteiger partial charge in [0.1, 0.15) is 0 Å². The van der Waals surface area contributed by atoms with Crippen LogP contribution in [0.3, 0.4) is 0 Å². The molecule has 7 heteroatoms. The number of alkyl halides is 3. The summed E-state index contributed by atoms with van der Waals surface area (Å²) in [6, 6.07) is 17.8. The number of hydrogen-bond acceptors (Lipinski definition) is 2. The molecule has 3 aromatic rings. The second-order valence-corrected chi connectivity index (χ2v) is 8.39. The fraction of sp³-hybridized carbons (Fsp3) is 0.200. The first-order valence-electron chi connectivity index (χ1n) is 9.94. The molecule has 0 saturated carbocycles. The van der Waals surface area contributed by atoms with Crippen LogP contribution in [0.2, 0.25) is 0 Å². The van der Waals surface area contributed by atoms with Crippen molar-refractivity contribution in [3.8, 4) is 0 Å². The SMILES string of the molecule is CC(C)(C)c1ccc(C(=O)Nc2cccc(C(=O)Nc3cccc(C(F)(F)F)c3)c2)cc1. The summed E-state index contributed by atoms with van der Waals surface area (Å²) < 4.78 is 38.6. The molecular weight excluding hydrogens is 417 g/mol. The van der Waals surface area contributed by atoms with E-state index in [0.29, 0.717) is 11.3 Å². The van der Waals surface area contributed by atoms with Crippen LogP contribution < -0.4 is 10.6 Å². The van der Waals surface area contributed by atoms with Crippen molar-refractivity contribution in [3.05, 3.63) is 95.1 Å². The molecule has 166 valence electrons. The van der Waals surface area contributed by atoms with Crippen LogP contribution >= 0.6 is 0 Å². The maximum Gasteiger partial charge on any atom is 0.416 e. The normalized spacial score (nSPS) is 11.7. The molecule has 0 heterocycles. The van der Waals surface area contributed by atoms with E-state index >= 15 is 0 Å². The van der Waals surface area contributed by atoms with Gasteiger partial charge in [-0.05, 0) is 59.5 Å². The number of carbonyl (C=O) groups is 2. The van der Waals surface area contributed by atoms with Crippen LogP contribution in [0.25, 0.3) is 0 Å². The third kappa shape index (κ3) is 5.75. The van der Waals surface area contributed by atoms with Gasteiger partial charge in [-0.1, -0.05) is 45.0 Å². The van der Waals surface area contributed by atoms with Crippen molar-refractivity contribution < 1.29 is 22.8 Å². The molecule has 0 bridgehead atoms. The molecule has 3 rings (SSSR count). The van der Waals surface area contributed by atoms with Crippen LogP contribution in [0.4, 0.5) is 24.5 Å². The Hall–Kier alpha value is -3.61. The zero-order valence-electron chi connectivity index (χ0n) is 17.9. The third-order valence-corrected chi connectivity index (χ3v) is 4.84. The van der Waals surface area contributed by atoms with Crippen molar-refractivity contribution in [1.82, 2.24) is 0 Å². The average Bonchev–Trinajstić information content (AvgIpc) is 2.73. The van der Waals surface area contributed by atoms with Crippen molar-refractivity contribution in [1.29, 1.82) is 0 Å². The lowest BCUT2D eigenvalue weighted by Crippen LogP contribution is -2.16. The number of benzene rings is 3. The van der Waals surface area contributed by atoms with E-state index in [9.17, 15) is 22.8 Å². The van der Waals surface area contributed by atoms with Gasteiger partial charge in [-0.25, -0.2) is 0 Å². The quantitative estimate of drug-likeness (QED) is 0.486. The molecule has 32 heavy (non-hydrogen) atoms. The van der Waals surface area contributed by atoms with Gasteiger partial charge in [0.25, 0.3) is 11.8 Å². The average molecular weight is 440 g/mol. The van der Waals surface area contributed by atoms with Gasteiger partial charge < -0.3 is 10.6 Å². The molecular formula is C25H23F3N2O2. The van der Waals surface area contributed by atoms with Crippen molar-refractivity contribution in [2.24, 2.45) is 0 Å². The summed E-state index contributed by atoms with van der Waals surface area (Å²) in [6.07, 6.45) is -4.50. The Kier molecular flexibility index (Phi) is 6.39. The summed E-state index contributed by atoms with van der Waals surface area (Å²) >= 11 is 0. The van der Waals surface area contributed by atoms with Gasteiger partial charge in [-0.15, -0.1) is 0 Å². The van der Waals surface area contributed by atoms with Gasteiger partial charge in [0, 0.05) is 22.5 Å². The minimum atomic E-state index is -4.50. The molecule has 0 aliphatic rings. The van der Waals surface area contributed by atoms with E-state index in [1.807, 2.05) is 12.1 Å². The molecule has 0 spiro atoms. The van der Waals surface area contributed by atoms with Crippen molar-refractivity contribution in [3.63, 3.8) is 0 Å². The molecule has 3 aromatic carbocycles. The predicted molar refractivity (Wildman–Crippen MR) is 119 cm³/mol. The standard InChI is InChI=1S/C25H23F3N2O2/c1-24(2,3)18-12-10-16(11-13-18)22(31)29-20-8-4-6-17(14-20)23(32)30-21-9-5-7-19(15-21)25(26,27)28/h4-15H,1-3H3,(H,29,31)(H,30,32). The Bertz CT molecular complexity index is 1130. The highest BCUT2D eigenvalue weighted by molar-refractivity contribution is 6.07. The van der Waals surface area contributed by atoms with Crippen LogP contribution in [0.1, 0.15) is 52.6 Å². The lowest BCUT2D eigenvalue weighted by Gasteiger charge is -2.19. The van der Waals surface area contributed by atoms with Crippen LogP contribution in [0.5, 0.6) is 0 Å².